The first kappa shape index (κ1) is 19.9. The Morgan fingerprint density at radius 1 is 0.867 bits per heavy atom. The Labute approximate surface area is 101 Å². The fraction of sp³-hybridized carbons (Fsp3) is 0.800. The number of carboxylic acid groups (broad SMARTS) is 2. The van der Waals surface area contributed by atoms with Crippen LogP contribution in [0.2, 0.25) is 0 Å². The van der Waals surface area contributed by atoms with Gasteiger partial charge in [-0.3, -0.25) is 9.59 Å². The molecule has 4 nitrogen and oxygen atoms in total. The molecular formula is C10H20CoO4. The van der Waals surface area contributed by atoms with Crippen molar-refractivity contribution in [3.8, 4) is 0 Å². The van der Waals surface area contributed by atoms with Gasteiger partial charge in [0.1, 0.15) is 0 Å². The van der Waals surface area contributed by atoms with Crippen LogP contribution in [0.4, 0.5) is 0 Å². The van der Waals surface area contributed by atoms with Crippen molar-refractivity contribution >= 4 is 11.9 Å². The third-order valence-electron chi connectivity index (χ3n) is 1.49. The SMILES string of the molecule is CCCCC(=O)O.CCCCC(=O)O.[Co]. The zero-order valence-corrected chi connectivity index (χ0v) is 10.3. The summed E-state index contributed by atoms with van der Waals surface area (Å²) in [5.41, 5.74) is 0. The number of rotatable bonds is 6. The van der Waals surface area contributed by atoms with E-state index in [1.807, 2.05) is 13.8 Å². The predicted octanol–water partition coefficient (Wildman–Crippen LogP) is 2.52. The molecule has 0 aromatic heterocycles. The summed E-state index contributed by atoms with van der Waals surface area (Å²) in [5, 5.41) is 16.1. The minimum absolute atomic E-state index is 0. The first-order chi connectivity index (χ1) is 6.54. The Morgan fingerprint density at radius 3 is 1.20 bits per heavy atom. The van der Waals surface area contributed by atoms with Gasteiger partial charge < -0.3 is 10.2 Å². The largest absolute Gasteiger partial charge is 0.481 e. The molecule has 0 fully saturated rings. The molecule has 0 aliphatic heterocycles. The molecule has 0 aromatic carbocycles. The number of hydrogen-bond donors (Lipinski definition) is 2. The smallest absolute Gasteiger partial charge is 0.303 e. The van der Waals surface area contributed by atoms with Crippen molar-refractivity contribution in [1.29, 1.82) is 0 Å². The van der Waals surface area contributed by atoms with Crippen LogP contribution in [0.3, 0.4) is 0 Å². The van der Waals surface area contributed by atoms with Crippen LogP contribution in [0.1, 0.15) is 52.4 Å². The number of carbonyl (C=O) groups is 2. The van der Waals surface area contributed by atoms with E-state index in [1.54, 1.807) is 0 Å². The molecule has 0 unspecified atom stereocenters. The predicted molar refractivity (Wildman–Crippen MR) is 54.3 cm³/mol. The standard InChI is InChI=1S/2C5H10O2.Co/c2*1-2-3-4-5(6)7;/h2*2-4H2,1H3,(H,6,7);. The minimum Gasteiger partial charge on any atom is -0.481 e. The second kappa shape index (κ2) is 15.9. The number of aliphatic carboxylic acids is 2. The summed E-state index contributed by atoms with van der Waals surface area (Å²) >= 11 is 0. The average molecular weight is 263 g/mol. The number of hydrogen-bond acceptors (Lipinski definition) is 2. The topological polar surface area (TPSA) is 74.6 Å². The van der Waals surface area contributed by atoms with Gasteiger partial charge in [-0.05, 0) is 12.8 Å². The molecule has 0 spiro atoms. The van der Waals surface area contributed by atoms with Crippen LogP contribution >= 0.6 is 0 Å². The van der Waals surface area contributed by atoms with Crippen LogP contribution in [0.15, 0.2) is 0 Å². The van der Waals surface area contributed by atoms with Crippen molar-refractivity contribution in [2.24, 2.45) is 0 Å². The molecule has 0 amide bonds. The van der Waals surface area contributed by atoms with Crippen molar-refractivity contribution in [3.05, 3.63) is 0 Å². The van der Waals surface area contributed by atoms with Gasteiger partial charge in [-0.15, -0.1) is 0 Å². The van der Waals surface area contributed by atoms with E-state index in [9.17, 15) is 9.59 Å². The first-order valence-corrected chi connectivity index (χ1v) is 4.98. The maximum absolute atomic E-state index is 9.76. The van der Waals surface area contributed by atoms with Gasteiger partial charge >= 0.3 is 11.9 Å². The van der Waals surface area contributed by atoms with E-state index in [0.29, 0.717) is 12.8 Å². The Morgan fingerprint density at radius 2 is 1.13 bits per heavy atom. The molecule has 0 atom stereocenters. The maximum atomic E-state index is 9.76. The number of unbranched alkanes of at least 4 members (excludes halogenated alkanes) is 2. The zero-order chi connectivity index (χ0) is 11.4. The van der Waals surface area contributed by atoms with Crippen molar-refractivity contribution in [3.63, 3.8) is 0 Å². The van der Waals surface area contributed by atoms with Crippen LogP contribution in [0.25, 0.3) is 0 Å². The van der Waals surface area contributed by atoms with Crippen molar-refractivity contribution in [2.45, 2.75) is 52.4 Å². The molecule has 15 heavy (non-hydrogen) atoms. The van der Waals surface area contributed by atoms with E-state index in [1.165, 1.54) is 0 Å². The van der Waals surface area contributed by atoms with Gasteiger partial charge in [0.25, 0.3) is 0 Å². The Balaban J connectivity index is -0.000000180. The molecule has 0 bridgehead atoms. The monoisotopic (exact) mass is 263 g/mol. The van der Waals surface area contributed by atoms with Gasteiger partial charge in [-0.1, -0.05) is 26.7 Å². The Hall–Kier alpha value is -0.554. The summed E-state index contributed by atoms with van der Waals surface area (Å²) in [7, 11) is 0. The second-order valence-corrected chi connectivity index (χ2v) is 2.99. The molecule has 0 aliphatic rings. The van der Waals surface area contributed by atoms with Crippen LogP contribution < -0.4 is 0 Å². The molecule has 0 saturated heterocycles. The van der Waals surface area contributed by atoms with Crippen LogP contribution in [0, 0.1) is 0 Å². The summed E-state index contributed by atoms with van der Waals surface area (Å²) in [5.74, 6) is -1.39. The summed E-state index contributed by atoms with van der Waals surface area (Å²) < 4.78 is 0. The van der Waals surface area contributed by atoms with Crippen LogP contribution in [-0.4, -0.2) is 22.2 Å². The Bertz CT molecular complexity index is 142. The van der Waals surface area contributed by atoms with E-state index in [2.05, 4.69) is 0 Å². The molecule has 0 heterocycles. The van der Waals surface area contributed by atoms with Gasteiger partial charge in [0.05, 0.1) is 0 Å². The average Bonchev–Trinajstić information content (AvgIpc) is 2.12. The molecule has 0 rings (SSSR count). The molecule has 0 saturated carbocycles. The Kier molecular flexibility index (Phi) is 21.1. The molecule has 2 N–H and O–H groups in total. The summed E-state index contributed by atoms with van der Waals surface area (Å²) in [6.45, 7) is 3.95. The van der Waals surface area contributed by atoms with E-state index in [0.717, 1.165) is 25.7 Å². The summed E-state index contributed by atoms with van der Waals surface area (Å²) in [6.07, 6.45) is 4.16. The third kappa shape index (κ3) is 31.8. The van der Waals surface area contributed by atoms with Crippen molar-refractivity contribution in [2.75, 3.05) is 0 Å². The van der Waals surface area contributed by atoms with Crippen LogP contribution in [0.5, 0.6) is 0 Å². The summed E-state index contributed by atoms with van der Waals surface area (Å²) in [4.78, 5) is 19.5. The van der Waals surface area contributed by atoms with Gasteiger partial charge in [0.2, 0.25) is 0 Å². The van der Waals surface area contributed by atoms with E-state index in [4.69, 9.17) is 10.2 Å². The fourth-order valence-electron chi connectivity index (χ4n) is 0.656. The van der Waals surface area contributed by atoms with Crippen molar-refractivity contribution in [1.82, 2.24) is 0 Å². The van der Waals surface area contributed by atoms with Gasteiger partial charge in [0.15, 0.2) is 0 Å². The third-order valence-corrected chi connectivity index (χ3v) is 1.49. The quantitative estimate of drug-likeness (QED) is 0.772. The second-order valence-electron chi connectivity index (χ2n) is 2.99. The van der Waals surface area contributed by atoms with Crippen molar-refractivity contribution < 1.29 is 36.6 Å². The van der Waals surface area contributed by atoms with Gasteiger partial charge in [-0.25, -0.2) is 0 Å². The van der Waals surface area contributed by atoms with E-state index in [-0.39, 0.29) is 16.8 Å². The molecule has 0 aliphatic carbocycles. The van der Waals surface area contributed by atoms with E-state index < -0.39 is 11.9 Å². The minimum atomic E-state index is -0.693. The van der Waals surface area contributed by atoms with Crippen LogP contribution in [-0.2, 0) is 26.4 Å². The number of carboxylic acids is 2. The van der Waals surface area contributed by atoms with E-state index >= 15 is 0 Å². The zero-order valence-electron chi connectivity index (χ0n) is 9.29. The summed E-state index contributed by atoms with van der Waals surface area (Å²) in [6, 6.07) is 0. The fourth-order valence-corrected chi connectivity index (χ4v) is 0.656. The molecule has 93 valence electrons. The molecular weight excluding hydrogens is 243 g/mol. The molecule has 5 heteroatoms. The molecule has 1 radical (unpaired) electrons. The van der Waals surface area contributed by atoms with Gasteiger partial charge in [0, 0.05) is 29.6 Å². The maximum Gasteiger partial charge on any atom is 0.303 e. The molecule has 0 aromatic rings. The first-order valence-electron chi connectivity index (χ1n) is 4.98. The normalized spacial score (nSPS) is 8.13. The van der Waals surface area contributed by atoms with Gasteiger partial charge in [-0.2, -0.15) is 0 Å².